The third kappa shape index (κ3) is 3.58. The number of hydrogen-bond acceptors (Lipinski definition) is 2. The fourth-order valence-electron chi connectivity index (χ4n) is 0.919. The van der Waals surface area contributed by atoms with Gasteiger partial charge in [0.2, 0.25) is 0 Å². The summed E-state index contributed by atoms with van der Waals surface area (Å²) in [6, 6.07) is 10.1. The molecule has 0 amide bonds. The summed E-state index contributed by atoms with van der Waals surface area (Å²) < 4.78 is 1.07. The van der Waals surface area contributed by atoms with Crippen LogP contribution in [-0.2, 0) is 6.54 Å². The zero-order valence-corrected chi connectivity index (χ0v) is 9.01. The molecule has 0 aliphatic carbocycles. The SMILES string of the molecule is CC(C#N)NCc1ccc(Br)cc1. The standard InChI is InChI=1S/C10H11BrN2/c1-8(6-12)13-7-9-2-4-10(11)5-3-9/h2-5,8,13H,7H2,1H3. The molecule has 0 aliphatic rings. The number of nitrogens with zero attached hydrogens (tertiary/aromatic N) is 1. The van der Waals surface area contributed by atoms with Gasteiger partial charge >= 0.3 is 0 Å². The summed E-state index contributed by atoms with van der Waals surface area (Å²) in [7, 11) is 0. The quantitative estimate of drug-likeness (QED) is 0.879. The number of nitriles is 1. The van der Waals surface area contributed by atoms with E-state index in [4.69, 9.17) is 5.26 Å². The van der Waals surface area contributed by atoms with Crippen LogP contribution in [0.5, 0.6) is 0 Å². The first-order valence-corrected chi connectivity index (χ1v) is 4.89. The van der Waals surface area contributed by atoms with Crippen LogP contribution in [0.2, 0.25) is 0 Å². The maximum atomic E-state index is 8.54. The van der Waals surface area contributed by atoms with E-state index in [0.717, 1.165) is 11.0 Å². The smallest absolute Gasteiger partial charge is 0.0927 e. The van der Waals surface area contributed by atoms with Gasteiger partial charge in [-0.2, -0.15) is 5.26 Å². The lowest BCUT2D eigenvalue weighted by atomic mass is 10.2. The molecule has 0 heterocycles. The van der Waals surface area contributed by atoms with Crippen molar-refractivity contribution in [1.29, 1.82) is 5.26 Å². The van der Waals surface area contributed by atoms with E-state index in [1.165, 1.54) is 5.56 Å². The number of rotatable bonds is 3. The van der Waals surface area contributed by atoms with E-state index < -0.39 is 0 Å². The molecule has 13 heavy (non-hydrogen) atoms. The lowest BCUT2D eigenvalue weighted by molar-refractivity contribution is 0.642. The van der Waals surface area contributed by atoms with E-state index >= 15 is 0 Å². The molecular formula is C10H11BrN2. The molecule has 0 radical (unpaired) electrons. The molecular weight excluding hydrogens is 228 g/mol. The van der Waals surface area contributed by atoms with E-state index in [2.05, 4.69) is 27.3 Å². The highest BCUT2D eigenvalue weighted by molar-refractivity contribution is 9.10. The summed E-state index contributed by atoms with van der Waals surface area (Å²) in [6.07, 6.45) is 0. The van der Waals surface area contributed by atoms with Crippen LogP contribution in [0.1, 0.15) is 12.5 Å². The van der Waals surface area contributed by atoms with Crippen LogP contribution < -0.4 is 5.32 Å². The fraction of sp³-hybridized carbons (Fsp3) is 0.300. The van der Waals surface area contributed by atoms with Crippen molar-refractivity contribution in [3.05, 3.63) is 34.3 Å². The highest BCUT2D eigenvalue weighted by atomic mass is 79.9. The summed E-state index contributed by atoms with van der Waals surface area (Å²) >= 11 is 3.37. The van der Waals surface area contributed by atoms with Crippen LogP contribution in [0.25, 0.3) is 0 Å². The molecule has 0 bridgehead atoms. The van der Waals surface area contributed by atoms with Gasteiger partial charge in [-0.05, 0) is 24.6 Å². The lowest BCUT2D eigenvalue weighted by Gasteiger charge is -2.05. The monoisotopic (exact) mass is 238 g/mol. The summed E-state index contributed by atoms with van der Waals surface area (Å²) in [5, 5.41) is 11.6. The molecule has 3 heteroatoms. The molecule has 1 aromatic rings. The highest BCUT2D eigenvalue weighted by Crippen LogP contribution is 2.10. The molecule has 1 aromatic carbocycles. The number of benzene rings is 1. The van der Waals surface area contributed by atoms with Gasteiger partial charge < -0.3 is 0 Å². The molecule has 0 aromatic heterocycles. The number of nitrogens with one attached hydrogen (secondary N) is 1. The first kappa shape index (κ1) is 10.2. The van der Waals surface area contributed by atoms with Gasteiger partial charge in [0.05, 0.1) is 12.1 Å². The van der Waals surface area contributed by atoms with Crippen molar-refractivity contribution in [1.82, 2.24) is 5.32 Å². The summed E-state index contributed by atoms with van der Waals surface area (Å²) in [5.41, 5.74) is 1.19. The van der Waals surface area contributed by atoms with Crippen molar-refractivity contribution in [3.63, 3.8) is 0 Å². The van der Waals surface area contributed by atoms with Crippen LogP contribution >= 0.6 is 15.9 Å². The van der Waals surface area contributed by atoms with E-state index in [-0.39, 0.29) is 6.04 Å². The van der Waals surface area contributed by atoms with Gasteiger partial charge in [-0.25, -0.2) is 0 Å². The predicted octanol–water partition coefficient (Wildman–Crippen LogP) is 2.45. The first-order valence-electron chi connectivity index (χ1n) is 4.10. The molecule has 2 nitrogen and oxygen atoms in total. The van der Waals surface area contributed by atoms with Crippen molar-refractivity contribution in [2.24, 2.45) is 0 Å². The second-order valence-corrected chi connectivity index (χ2v) is 3.77. The van der Waals surface area contributed by atoms with Crippen molar-refractivity contribution >= 4 is 15.9 Å². The Morgan fingerprint density at radius 2 is 2.08 bits per heavy atom. The fourth-order valence-corrected chi connectivity index (χ4v) is 1.18. The van der Waals surface area contributed by atoms with Gasteiger partial charge in [0.15, 0.2) is 0 Å². The van der Waals surface area contributed by atoms with E-state index in [9.17, 15) is 0 Å². The molecule has 1 N–H and O–H groups in total. The summed E-state index contributed by atoms with van der Waals surface area (Å²) in [4.78, 5) is 0. The molecule has 0 spiro atoms. The van der Waals surface area contributed by atoms with E-state index in [0.29, 0.717) is 0 Å². The van der Waals surface area contributed by atoms with Gasteiger partial charge in [-0.3, -0.25) is 5.32 Å². The zero-order valence-electron chi connectivity index (χ0n) is 7.42. The van der Waals surface area contributed by atoms with Crippen LogP contribution in [0.15, 0.2) is 28.7 Å². The largest absolute Gasteiger partial charge is 0.298 e. The Kier molecular flexibility index (Phi) is 3.94. The van der Waals surface area contributed by atoms with Crippen molar-refractivity contribution in [3.8, 4) is 6.07 Å². The number of halogens is 1. The maximum Gasteiger partial charge on any atom is 0.0927 e. The Labute approximate surface area is 86.7 Å². The first-order chi connectivity index (χ1) is 6.22. The molecule has 1 unspecified atom stereocenters. The van der Waals surface area contributed by atoms with E-state index in [1.54, 1.807) is 0 Å². The molecule has 0 saturated carbocycles. The molecule has 0 aliphatic heterocycles. The highest BCUT2D eigenvalue weighted by Gasteiger charge is 1.97. The van der Waals surface area contributed by atoms with Gasteiger partial charge in [0.1, 0.15) is 0 Å². The second-order valence-electron chi connectivity index (χ2n) is 2.86. The third-order valence-electron chi connectivity index (χ3n) is 1.72. The Morgan fingerprint density at radius 1 is 1.46 bits per heavy atom. The Morgan fingerprint density at radius 3 is 2.62 bits per heavy atom. The predicted molar refractivity (Wildman–Crippen MR) is 56.1 cm³/mol. The van der Waals surface area contributed by atoms with Crippen LogP contribution in [0.4, 0.5) is 0 Å². The second kappa shape index (κ2) is 5.00. The Hall–Kier alpha value is -0.850. The van der Waals surface area contributed by atoms with Gasteiger partial charge in [-0.1, -0.05) is 28.1 Å². The minimum atomic E-state index is -0.0938. The molecule has 1 rings (SSSR count). The van der Waals surface area contributed by atoms with E-state index in [1.807, 2.05) is 31.2 Å². The molecule has 1 atom stereocenters. The molecule has 0 fully saturated rings. The minimum absolute atomic E-state index is 0.0938. The minimum Gasteiger partial charge on any atom is -0.298 e. The van der Waals surface area contributed by atoms with Crippen molar-refractivity contribution in [2.75, 3.05) is 0 Å². The Balaban J connectivity index is 2.47. The van der Waals surface area contributed by atoms with Crippen molar-refractivity contribution in [2.45, 2.75) is 19.5 Å². The van der Waals surface area contributed by atoms with Gasteiger partial charge in [0.25, 0.3) is 0 Å². The average molecular weight is 239 g/mol. The topological polar surface area (TPSA) is 35.8 Å². The lowest BCUT2D eigenvalue weighted by Crippen LogP contribution is -2.23. The normalized spacial score (nSPS) is 12.1. The molecule has 68 valence electrons. The van der Waals surface area contributed by atoms with Crippen LogP contribution in [0, 0.1) is 11.3 Å². The number of hydrogen-bond donors (Lipinski definition) is 1. The van der Waals surface area contributed by atoms with Crippen molar-refractivity contribution < 1.29 is 0 Å². The summed E-state index contributed by atoms with van der Waals surface area (Å²) in [6.45, 7) is 2.58. The molecule has 0 saturated heterocycles. The Bertz CT molecular complexity index is 300. The zero-order chi connectivity index (χ0) is 9.68. The summed E-state index contributed by atoms with van der Waals surface area (Å²) in [5.74, 6) is 0. The maximum absolute atomic E-state index is 8.54. The average Bonchev–Trinajstić information content (AvgIpc) is 2.16. The van der Waals surface area contributed by atoms with Gasteiger partial charge in [-0.15, -0.1) is 0 Å². The van der Waals surface area contributed by atoms with Crippen LogP contribution in [0.3, 0.4) is 0 Å². The third-order valence-corrected chi connectivity index (χ3v) is 2.25. The van der Waals surface area contributed by atoms with Crippen LogP contribution in [-0.4, -0.2) is 6.04 Å². The van der Waals surface area contributed by atoms with Gasteiger partial charge in [0, 0.05) is 11.0 Å².